The number of rotatable bonds is 20. The molecule has 0 atom stereocenters. The van der Waals surface area contributed by atoms with Gasteiger partial charge in [0, 0.05) is 11.8 Å². The second kappa shape index (κ2) is 17.3. The van der Waals surface area contributed by atoms with Crippen LogP contribution >= 0.6 is 0 Å². The number of carbonyl (C=O) groups is 2. The third-order valence-corrected chi connectivity index (χ3v) is 7.86. The molecule has 39 heavy (non-hydrogen) atoms. The summed E-state index contributed by atoms with van der Waals surface area (Å²) in [6.45, 7) is 19.8. The van der Waals surface area contributed by atoms with Crippen LogP contribution in [0, 0.1) is 29.6 Å². The van der Waals surface area contributed by atoms with E-state index >= 15 is 0 Å². The van der Waals surface area contributed by atoms with Crippen LogP contribution in [0.4, 0.5) is 0 Å². The maximum Gasteiger partial charge on any atom is 0.319 e. The highest BCUT2D eigenvalue weighted by Gasteiger charge is 2.33. The lowest BCUT2D eigenvalue weighted by Crippen LogP contribution is -2.32. The van der Waals surface area contributed by atoms with Gasteiger partial charge in [-0.05, 0) is 97.8 Å². The molecule has 1 heterocycles. The maximum atomic E-state index is 12.2. The minimum atomic E-state index is -0.451. The first kappa shape index (κ1) is 34.6. The van der Waals surface area contributed by atoms with Crippen LogP contribution in [0.1, 0.15) is 112 Å². The third kappa shape index (κ3) is 12.6. The Morgan fingerprint density at radius 3 is 1.54 bits per heavy atom. The van der Waals surface area contributed by atoms with E-state index in [4.69, 9.17) is 18.9 Å². The van der Waals surface area contributed by atoms with E-state index in [1.54, 1.807) is 6.20 Å². The molecular weight excluding hydrogens is 496 g/mol. The lowest BCUT2D eigenvalue weighted by molar-refractivity contribution is -0.157. The predicted molar refractivity (Wildman–Crippen MR) is 154 cm³/mol. The van der Waals surface area contributed by atoms with Gasteiger partial charge in [-0.2, -0.15) is 4.98 Å². The standard InChI is InChI=1S/C31H54N2O6/c1-23(2)30(6,7)27(34)37-19-15-11-10-14-18-36-26-25(5)22-32-29(33-26)39-21-17-13-12-16-20-38-28(35)31(8,9)24(3)4/h22-24H,10-21H2,1-9H3. The van der Waals surface area contributed by atoms with Crippen molar-refractivity contribution in [1.82, 2.24) is 9.97 Å². The molecule has 0 spiro atoms. The van der Waals surface area contributed by atoms with E-state index in [2.05, 4.69) is 9.97 Å². The van der Waals surface area contributed by atoms with Crippen molar-refractivity contribution < 1.29 is 28.5 Å². The zero-order chi connectivity index (χ0) is 29.5. The molecule has 0 aliphatic carbocycles. The van der Waals surface area contributed by atoms with Crippen LogP contribution in [0.2, 0.25) is 0 Å². The molecule has 0 saturated carbocycles. The summed E-state index contributed by atoms with van der Waals surface area (Å²) in [5.74, 6) is 0.793. The molecule has 0 amide bonds. The van der Waals surface area contributed by atoms with Crippen molar-refractivity contribution in [2.24, 2.45) is 22.7 Å². The number of aromatic nitrogens is 2. The number of carbonyl (C=O) groups excluding carboxylic acids is 2. The Balaban J connectivity index is 2.17. The lowest BCUT2D eigenvalue weighted by Gasteiger charge is -2.26. The van der Waals surface area contributed by atoms with Crippen molar-refractivity contribution in [1.29, 1.82) is 0 Å². The van der Waals surface area contributed by atoms with Gasteiger partial charge in [-0.25, -0.2) is 4.98 Å². The van der Waals surface area contributed by atoms with Crippen molar-refractivity contribution in [2.45, 2.75) is 114 Å². The second-order valence-electron chi connectivity index (χ2n) is 12.2. The molecule has 0 unspecified atom stereocenters. The van der Waals surface area contributed by atoms with Crippen molar-refractivity contribution in [2.75, 3.05) is 26.4 Å². The number of esters is 2. The Kier molecular flexibility index (Phi) is 15.4. The first-order chi connectivity index (χ1) is 18.3. The van der Waals surface area contributed by atoms with Crippen LogP contribution in [0.25, 0.3) is 0 Å². The van der Waals surface area contributed by atoms with Crippen LogP contribution in [-0.4, -0.2) is 48.3 Å². The van der Waals surface area contributed by atoms with Gasteiger partial charge >= 0.3 is 17.9 Å². The van der Waals surface area contributed by atoms with Crippen LogP contribution in [0.15, 0.2) is 6.20 Å². The van der Waals surface area contributed by atoms with Crippen LogP contribution < -0.4 is 9.47 Å². The molecule has 8 nitrogen and oxygen atoms in total. The number of aryl methyl sites for hydroxylation is 1. The van der Waals surface area contributed by atoms with Gasteiger partial charge in [0.05, 0.1) is 37.3 Å². The van der Waals surface area contributed by atoms with E-state index in [0.717, 1.165) is 56.9 Å². The Hall–Kier alpha value is -2.38. The minimum Gasteiger partial charge on any atom is -0.477 e. The topological polar surface area (TPSA) is 96.8 Å². The van der Waals surface area contributed by atoms with Gasteiger partial charge in [0.25, 0.3) is 0 Å². The van der Waals surface area contributed by atoms with Gasteiger partial charge in [-0.1, -0.05) is 27.7 Å². The first-order valence-electron chi connectivity index (χ1n) is 14.7. The summed E-state index contributed by atoms with van der Waals surface area (Å²) in [5, 5.41) is 0. The predicted octanol–water partition coefficient (Wildman–Crippen LogP) is 7.11. The van der Waals surface area contributed by atoms with Crippen LogP contribution in [-0.2, 0) is 19.1 Å². The van der Waals surface area contributed by atoms with Gasteiger partial charge in [0.15, 0.2) is 0 Å². The Labute approximate surface area is 237 Å². The summed E-state index contributed by atoms with van der Waals surface area (Å²) < 4.78 is 22.5. The van der Waals surface area contributed by atoms with E-state index in [9.17, 15) is 9.59 Å². The number of hydrogen-bond donors (Lipinski definition) is 0. The van der Waals surface area contributed by atoms with Crippen LogP contribution in [0.5, 0.6) is 11.9 Å². The molecule has 1 aromatic heterocycles. The molecular formula is C31H54N2O6. The van der Waals surface area contributed by atoms with Crippen LogP contribution in [0.3, 0.4) is 0 Å². The summed E-state index contributed by atoms with van der Waals surface area (Å²) in [4.78, 5) is 33.0. The minimum absolute atomic E-state index is 0.123. The third-order valence-electron chi connectivity index (χ3n) is 7.86. The van der Waals surface area contributed by atoms with Gasteiger partial charge in [0.2, 0.25) is 5.88 Å². The maximum absolute atomic E-state index is 12.2. The van der Waals surface area contributed by atoms with Gasteiger partial charge in [0.1, 0.15) is 0 Å². The summed E-state index contributed by atoms with van der Waals surface area (Å²) in [6.07, 6.45) is 9.12. The Bertz CT molecular complexity index is 867. The zero-order valence-corrected chi connectivity index (χ0v) is 26.1. The fraction of sp³-hybridized carbons (Fsp3) is 0.806. The average Bonchev–Trinajstić information content (AvgIpc) is 2.87. The Morgan fingerprint density at radius 2 is 1.10 bits per heavy atom. The van der Waals surface area contributed by atoms with Crippen molar-refractivity contribution in [3.8, 4) is 11.9 Å². The quantitative estimate of drug-likeness (QED) is 0.125. The summed E-state index contributed by atoms with van der Waals surface area (Å²) in [6, 6.07) is 0.326. The number of unbranched alkanes of at least 4 members (excludes halogenated alkanes) is 6. The molecule has 0 aliphatic heterocycles. The summed E-state index contributed by atoms with van der Waals surface area (Å²) in [5.41, 5.74) is -0.0289. The molecule has 0 radical (unpaired) electrons. The van der Waals surface area contributed by atoms with Crippen molar-refractivity contribution >= 4 is 11.9 Å². The zero-order valence-electron chi connectivity index (χ0n) is 26.1. The summed E-state index contributed by atoms with van der Waals surface area (Å²) >= 11 is 0. The number of ether oxygens (including phenoxy) is 4. The fourth-order valence-electron chi connectivity index (χ4n) is 3.25. The molecule has 0 N–H and O–H groups in total. The normalized spacial score (nSPS) is 12.1. The van der Waals surface area contributed by atoms with E-state index in [0.29, 0.717) is 38.3 Å². The molecule has 224 valence electrons. The van der Waals surface area contributed by atoms with E-state index in [1.165, 1.54) is 0 Å². The average molecular weight is 551 g/mol. The van der Waals surface area contributed by atoms with E-state index in [1.807, 2.05) is 62.3 Å². The molecule has 1 aromatic rings. The van der Waals surface area contributed by atoms with Crippen molar-refractivity contribution in [3.05, 3.63) is 11.8 Å². The monoisotopic (exact) mass is 550 g/mol. The second-order valence-corrected chi connectivity index (χ2v) is 12.2. The molecule has 0 aliphatic rings. The van der Waals surface area contributed by atoms with Crippen molar-refractivity contribution in [3.63, 3.8) is 0 Å². The van der Waals surface area contributed by atoms with Gasteiger partial charge in [-0.3, -0.25) is 9.59 Å². The number of nitrogens with zero attached hydrogens (tertiary/aromatic N) is 2. The van der Waals surface area contributed by atoms with Gasteiger partial charge < -0.3 is 18.9 Å². The van der Waals surface area contributed by atoms with Gasteiger partial charge in [-0.15, -0.1) is 0 Å². The molecule has 0 saturated heterocycles. The lowest BCUT2D eigenvalue weighted by atomic mass is 9.81. The van der Waals surface area contributed by atoms with E-state index < -0.39 is 10.8 Å². The molecule has 0 aromatic carbocycles. The largest absolute Gasteiger partial charge is 0.477 e. The molecule has 8 heteroatoms. The molecule has 1 rings (SSSR count). The smallest absolute Gasteiger partial charge is 0.319 e. The van der Waals surface area contributed by atoms with E-state index in [-0.39, 0.29) is 23.8 Å². The fourth-order valence-corrected chi connectivity index (χ4v) is 3.25. The highest BCUT2D eigenvalue weighted by Crippen LogP contribution is 2.28. The highest BCUT2D eigenvalue weighted by molar-refractivity contribution is 5.76. The SMILES string of the molecule is Cc1cnc(OCCCCCCOC(=O)C(C)(C)C(C)C)nc1OCCCCCCOC(=O)C(C)(C)C(C)C. The number of hydrogen-bond acceptors (Lipinski definition) is 8. The molecule has 0 bridgehead atoms. The highest BCUT2D eigenvalue weighted by atomic mass is 16.5. The molecule has 0 fully saturated rings. The summed E-state index contributed by atoms with van der Waals surface area (Å²) in [7, 11) is 0. The Morgan fingerprint density at radius 1 is 0.692 bits per heavy atom. The first-order valence-corrected chi connectivity index (χ1v) is 14.7.